The Kier molecular flexibility index (Phi) is 9.91. The fourth-order valence-corrected chi connectivity index (χ4v) is 3.97. The molecule has 4 amide bonds. The van der Waals surface area contributed by atoms with Crippen molar-refractivity contribution >= 4 is 29.4 Å². The normalized spacial score (nSPS) is 15.2. The van der Waals surface area contributed by atoms with Crippen molar-refractivity contribution in [1.82, 2.24) is 10.2 Å². The Hall–Kier alpha value is -4.05. The lowest BCUT2D eigenvalue weighted by Gasteiger charge is -2.35. The molecule has 10 nitrogen and oxygen atoms in total. The molecule has 1 unspecified atom stereocenters. The van der Waals surface area contributed by atoms with E-state index in [1.54, 1.807) is 55.5 Å². The molecule has 0 bridgehead atoms. The van der Waals surface area contributed by atoms with Crippen LogP contribution in [-0.2, 0) is 14.3 Å². The van der Waals surface area contributed by atoms with E-state index >= 15 is 0 Å². The van der Waals surface area contributed by atoms with Gasteiger partial charge >= 0.3 is 18.0 Å². The monoisotopic (exact) mass is 510 g/mol. The largest absolute Gasteiger partial charge is 0.494 e. The zero-order valence-electron chi connectivity index (χ0n) is 21.6. The molecule has 3 N–H and O–H groups in total. The number of ether oxygens (including phenoxy) is 3. The molecule has 0 aliphatic carbocycles. The van der Waals surface area contributed by atoms with Crippen molar-refractivity contribution < 1.29 is 28.6 Å². The van der Waals surface area contributed by atoms with Gasteiger partial charge in [-0.1, -0.05) is 19.1 Å². The maximum atomic E-state index is 13.1. The number of methoxy groups -OCH3 is 1. The molecule has 1 atom stereocenters. The van der Waals surface area contributed by atoms with Gasteiger partial charge in [0.15, 0.2) is 0 Å². The first-order chi connectivity index (χ1) is 17.9. The molecule has 10 heteroatoms. The fourth-order valence-electron chi connectivity index (χ4n) is 3.97. The van der Waals surface area contributed by atoms with E-state index in [0.29, 0.717) is 47.1 Å². The molecule has 3 rings (SSSR count). The maximum absolute atomic E-state index is 13.1. The lowest BCUT2D eigenvalue weighted by Crippen LogP contribution is -2.48. The van der Waals surface area contributed by atoms with Gasteiger partial charge in [-0.15, -0.1) is 0 Å². The van der Waals surface area contributed by atoms with Gasteiger partial charge in [0.25, 0.3) is 0 Å². The van der Waals surface area contributed by atoms with Crippen LogP contribution in [0.15, 0.2) is 59.8 Å². The van der Waals surface area contributed by atoms with Gasteiger partial charge in [0.2, 0.25) is 0 Å². The number of urea groups is 2. The number of benzene rings is 2. The predicted octanol–water partition coefficient (Wildman–Crippen LogP) is 4.67. The number of hydrogen-bond donors (Lipinski definition) is 3. The van der Waals surface area contributed by atoms with Gasteiger partial charge in [-0.25, -0.2) is 14.4 Å². The zero-order valence-corrected chi connectivity index (χ0v) is 21.6. The van der Waals surface area contributed by atoms with Crippen LogP contribution in [0.25, 0.3) is 0 Å². The first-order valence-corrected chi connectivity index (χ1v) is 12.2. The van der Waals surface area contributed by atoms with Gasteiger partial charge in [-0.2, -0.15) is 0 Å². The van der Waals surface area contributed by atoms with E-state index in [1.165, 1.54) is 12.0 Å². The molecule has 2 aromatic carbocycles. The molecule has 1 aliphatic rings. The molecule has 0 spiro atoms. The summed E-state index contributed by atoms with van der Waals surface area (Å²) in [5, 5.41) is 8.48. The van der Waals surface area contributed by atoms with Crippen molar-refractivity contribution in [3.8, 4) is 5.75 Å². The molecule has 198 valence electrons. The van der Waals surface area contributed by atoms with Crippen molar-refractivity contribution in [2.75, 3.05) is 44.1 Å². The highest BCUT2D eigenvalue weighted by atomic mass is 16.6. The van der Waals surface area contributed by atoms with Gasteiger partial charge < -0.3 is 30.2 Å². The molecule has 1 heterocycles. The minimum atomic E-state index is -0.744. The predicted molar refractivity (Wildman–Crippen MR) is 140 cm³/mol. The number of nitrogens with zero attached hydrogens (tertiary/aromatic N) is 1. The minimum absolute atomic E-state index is 0.0911. The fraction of sp³-hybridized carbons (Fsp3) is 0.370. The molecule has 2 aromatic rings. The molecule has 1 aliphatic heterocycles. The summed E-state index contributed by atoms with van der Waals surface area (Å²) in [6, 6.07) is 12.5. The Morgan fingerprint density at radius 2 is 1.76 bits per heavy atom. The van der Waals surface area contributed by atoms with E-state index < -0.39 is 18.0 Å². The molecule has 37 heavy (non-hydrogen) atoms. The first kappa shape index (κ1) is 27.5. The summed E-state index contributed by atoms with van der Waals surface area (Å²) in [6.07, 6.45) is 0.726. The number of esters is 1. The number of hydrogen-bond acceptors (Lipinski definition) is 6. The smallest absolute Gasteiger partial charge is 0.338 e. The Bertz CT molecular complexity index is 1130. The Morgan fingerprint density at radius 1 is 1.03 bits per heavy atom. The first-order valence-electron chi connectivity index (χ1n) is 12.2. The van der Waals surface area contributed by atoms with E-state index in [-0.39, 0.29) is 19.2 Å². The number of amides is 4. The average Bonchev–Trinajstić information content (AvgIpc) is 2.87. The highest BCUT2D eigenvalue weighted by Gasteiger charge is 2.36. The van der Waals surface area contributed by atoms with Crippen LogP contribution in [0, 0.1) is 0 Å². The number of carbonyl (C=O) groups excluding carboxylic acids is 3. The van der Waals surface area contributed by atoms with Crippen LogP contribution in [-0.4, -0.2) is 56.4 Å². The standard InChI is InChI=1S/C27H34N4O6/c1-5-14-31-18(3)23(25(32)37-16-15-35-4)24(30-27(31)34)19-8-7-9-21(17-19)29-26(33)28-20-10-12-22(13-11-20)36-6-2/h7-13,17,24H,5-6,14-16H2,1-4H3,(H,30,34)(H2,28,29,33). The topological polar surface area (TPSA) is 118 Å². The Balaban J connectivity index is 1.80. The Labute approximate surface area is 217 Å². The van der Waals surface area contributed by atoms with Crippen LogP contribution in [0.1, 0.15) is 38.8 Å². The number of anilines is 2. The molecular formula is C27H34N4O6. The molecule has 0 aromatic heterocycles. The lowest BCUT2D eigenvalue weighted by atomic mass is 9.94. The molecule has 0 radical (unpaired) electrons. The Morgan fingerprint density at radius 3 is 2.43 bits per heavy atom. The van der Waals surface area contributed by atoms with Crippen LogP contribution >= 0.6 is 0 Å². The summed E-state index contributed by atoms with van der Waals surface area (Å²) in [5.41, 5.74) is 2.59. The molecule has 0 fully saturated rings. The van der Waals surface area contributed by atoms with Gasteiger partial charge in [0.05, 0.1) is 24.8 Å². The van der Waals surface area contributed by atoms with Crippen molar-refractivity contribution in [3.05, 3.63) is 65.4 Å². The molecule has 0 saturated heterocycles. The van der Waals surface area contributed by atoms with Crippen LogP contribution in [0.2, 0.25) is 0 Å². The van der Waals surface area contributed by atoms with Gasteiger partial charge in [-0.3, -0.25) is 4.90 Å². The number of carbonyl (C=O) groups is 3. The van der Waals surface area contributed by atoms with Crippen molar-refractivity contribution in [2.45, 2.75) is 33.2 Å². The number of nitrogens with one attached hydrogen (secondary N) is 3. The minimum Gasteiger partial charge on any atom is -0.494 e. The number of rotatable bonds is 11. The van der Waals surface area contributed by atoms with E-state index in [1.807, 2.05) is 13.8 Å². The summed E-state index contributed by atoms with van der Waals surface area (Å²) in [6.45, 7) is 6.97. The van der Waals surface area contributed by atoms with E-state index in [2.05, 4.69) is 16.0 Å². The summed E-state index contributed by atoms with van der Waals surface area (Å²) in [5.74, 6) is 0.181. The SMILES string of the molecule is CCCN1C(=O)NC(c2cccc(NC(=O)Nc3ccc(OCC)cc3)c2)C(C(=O)OCCOC)=C1C. The van der Waals surface area contributed by atoms with E-state index in [4.69, 9.17) is 14.2 Å². The van der Waals surface area contributed by atoms with Crippen molar-refractivity contribution in [3.63, 3.8) is 0 Å². The van der Waals surface area contributed by atoms with Gasteiger partial charge in [-0.05, 0) is 62.2 Å². The molecule has 0 saturated carbocycles. The second-order valence-electron chi connectivity index (χ2n) is 8.32. The third kappa shape index (κ3) is 7.23. The second kappa shape index (κ2) is 13.3. The lowest BCUT2D eigenvalue weighted by molar-refractivity contribution is -0.140. The van der Waals surface area contributed by atoms with E-state index in [0.717, 1.165) is 6.42 Å². The van der Waals surface area contributed by atoms with Crippen LogP contribution < -0.4 is 20.7 Å². The van der Waals surface area contributed by atoms with Crippen LogP contribution in [0.5, 0.6) is 5.75 Å². The maximum Gasteiger partial charge on any atom is 0.338 e. The summed E-state index contributed by atoms with van der Waals surface area (Å²) < 4.78 is 15.8. The van der Waals surface area contributed by atoms with Crippen molar-refractivity contribution in [2.24, 2.45) is 0 Å². The number of allylic oxidation sites excluding steroid dienone is 1. The van der Waals surface area contributed by atoms with Gasteiger partial charge in [0.1, 0.15) is 12.4 Å². The highest BCUT2D eigenvalue weighted by molar-refractivity contribution is 6.00. The summed E-state index contributed by atoms with van der Waals surface area (Å²) >= 11 is 0. The molecular weight excluding hydrogens is 476 g/mol. The third-order valence-corrected chi connectivity index (χ3v) is 5.69. The average molecular weight is 511 g/mol. The zero-order chi connectivity index (χ0) is 26.8. The quantitative estimate of drug-likeness (QED) is 0.299. The highest BCUT2D eigenvalue weighted by Crippen LogP contribution is 2.32. The van der Waals surface area contributed by atoms with Crippen LogP contribution in [0.4, 0.5) is 21.0 Å². The van der Waals surface area contributed by atoms with E-state index in [9.17, 15) is 14.4 Å². The third-order valence-electron chi connectivity index (χ3n) is 5.69. The summed E-state index contributed by atoms with van der Waals surface area (Å²) in [7, 11) is 1.52. The van der Waals surface area contributed by atoms with Gasteiger partial charge in [0, 0.05) is 30.7 Å². The van der Waals surface area contributed by atoms with Crippen molar-refractivity contribution in [1.29, 1.82) is 0 Å². The summed E-state index contributed by atoms with van der Waals surface area (Å²) in [4.78, 5) is 40.0. The second-order valence-corrected chi connectivity index (χ2v) is 8.32. The van der Waals surface area contributed by atoms with Crippen LogP contribution in [0.3, 0.4) is 0 Å².